The summed E-state index contributed by atoms with van der Waals surface area (Å²) in [6.07, 6.45) is -0.341. The molecule has 0 heterocycles. The summed E-state index contributed by atoms with van der Waals surface area (Å²) < 4.78 is 0. The molecule has 1 aromatic carbocycles. The largest absolute Gasteiger partial charge is 0.389 e. The van der Waals surface area contributed by atoms with E-state index in [0.717, 1.165) is 5.56 Å². The summed E-state index contributed by atoms with van der Waals surface area (Å²) >= 11 is 0. The number of aliphatic hydroxyl groups is 1. The van der Waals surface area contributed by atoms with Crippen LogP contribution in [0, 0.1) is 0 Å². The first-order chi connectivity index (χ1) is 4.30. The van der Waals surface area contributed by atoms with E-state index in [1.807, 2.05) is 30.3 Å². The molecule has 1 atom stereocenters. The Morgan fingerprint density at radius 3 is 2.00 bits per heavy atom. The summed E-state index contributed by atoms with van der Waals surface area (Å²) in [6, 6.07) is 9.59. The Kier molecular flexibility index (Phi) is 4.69. The van der Waals surface area contributed by atoms with Crippen molar-refractivity contribution in [3.8, 4) is 0 Å². The van der Waals surface area contributed by atoms with E-state index in [9.17, 15) is 0 Å². The van der Waals surface area contributed by atoms with Crippen LogP contribution >= 0.6 is 0 Å². The van der Waals surface area contributed by atoms with Crippen LogP contribution in [0.5, 0.6) is 0 Å². The van der Waals surface area contributed by atoms with Gasteiger partial charge in [-0.3, -0.25) is 0 Å². The molecule has 0 saturated heterocycles. The fourth-order valence-corrected chi connectivity index (χ4v) is 0.732. The van der Waals surface area contributed by atoms with Crippen molar-refractivity contribution in [2.24, 2.45) is 0 Å². The lowest BCUT2D eigenvalue weighted by atomic mass is 10.1. The molecule has 0 amide bonds. The molecule has 0 aliphatic rings. The first-order valence-corrected chi connectivity index (χ1v) is 3.03. The van der Waals surface area contributed by atoms with Crippen LogP contribution in [0.2, 0.25) is 0 Å². The molecule has 52 valence electrons. The topological polar surface area (TPSA) is 20.2 Å². The van der Waals surface area contributed by atoms with E-state index in [-0.39, 0.29) is 29.2 Å². The zero-order chi connectivity index (χ0) is 6.69. The Balaban J connectivity index is 0.000000810. The summed E-state index contributed by atoms with van der Waals surface area (Å²) in [5.41, 5.74) is 0.970. The highest BCUT2D eigenvalue weighted by Gasteiger charge is 1.95. The molecule has 0 fully saturated rings. The highest BCUT2D eigenvalue weighted by atomic mass is 24.3. The summed E-state index contributed by atoms with van der Waals surface area (Å²) in [5.74, 6) is 0. The highest BCUT2D eigenvalue weighted by molar-refractivity contribution is 5.75. The molecule has 0 aromatic heterocycles. The molecule has 0 saturated carbocycles. The van der Waals surface area contributed by atoms with Crippen LogP contribution in [0.1, 0.15) is 18.6 Å². The molecule has 1 aromatic rings. The normalized spacial score (nSPS) is 11.8. The average molecular weight is 148 g/mol. The number of rotatable bonds is 1. The van der Waals surface area contributed by atoms with E-state index in [4.69, 9.17) is 5.11 Å². The summed E-state index contributed by atoms with van der Waals surface area (Å²) in [6.45, 7) is 1.76. The second kappa shape index (κ2) is 4.71. The van der Waals surface area contributed by atoms with Gasteiger partial charge in [-0.05, 0) is 12.5 Å². The molecule has 0 spiro atoms. The zero-order valence-corrected chi connectivity index (χ0v) is 5.41. The van der Waals surface area contributed by atoms with Crippen molar-refractivity contribution in [1.29, 1.82) is 0 Å². The van der Waals surface area contributed by atoms with Gasteiger partial charge in [0, 0.05) is 0 Å². The van der Waals surface area contributed by atoms with Crippen LogP contribution < -0.4 is 0 Å². The third kappa shape index (κ3) is 2.69. The maximum atomic E-state index is 9.02. The highest BCUT2D eigenvalue weighted by Crippen LogP contribution is 2.08. The second-order valence-corrected chi connectivity index (χ2v) is 2.09. The van der Waals surface area contributed by atoms with Gasteiger partial charge < -0.3 is 5.11 Å². The fourth-order valence-electron chi connectivity index (χ4n) is 0.732. The van der Waals surface area contributed by atoms with Gasteiger partial charge in [0.1, 0.15) is 0 Å². The average Bonchev–Trinajstić information content (AvgIpc) is 1.90. The standard InChI is InChI=1S/C8H10O.Mg.2H/c1-7(9)8-5-3-2-4-6-8;;;/h2-7,9H,1H3;;;. The van der Waals surface area contributed by atoms with E-state index >= 15 is 0 Å². The summed E-state index contributed by atoms with van der Waals surface area (Å²) in [7, 11) is 0. The van der Waals surface area contributed by atoms with Gasteiger partial charge >= 0.3 is 23.1 Å². The summed E-state index contributed by atoms with van der Waals surface area (Å²) in [4.78, 5) is 0. The minimum atomic E-state index is -0.341. The van der Waals surface area contributed by atoms with E-state index in [1.165, 1.54) is 0 Å². The number of hydrogen-bond acceptors (Lipinski definition) is 1. The van der Waals surface area contributed by atoms with Gasteiger partial charge in [0.2, 0.25) is 0 Å². The van der Waals surface area contributed by atoms with E-state index < -0.39 is 0 Å². The minimum absolute atomic E-state index is 0. The van der Waals surface area contributed by atoms with E-state index in [0.29, 0.717) is 0 Å². The van der Waals surface area contributed by atoms with Crippen molar-refractivity contribution >= 4 is 23.1 Å². The maximum Gasteiger partial charge on any atom is 0.316 e. The monoisotopic (exact) mass is 148 g/mol. The molecular formula is C8H12MgO. The summed E-state index contributed by atoms with van der Waals surface area (Å²) in [5, 5.41) is 9.02. The maximum absolute atomic E-state index is 9.02. The molecule has 0 bridgehead atoms. The molecule has 0 aliphatic heterocycles. The molecule has 0 aliphatic carbocycles. The van der Waals surface area contributed by atoms with Gasteiger partial charge in [0.05, 0.1) is 6.10 Å². The molecule has 1 nitrogen and oxygen atoms in total. The van der Waals surface area contributed by atoms with Gasteiger partial charge in [-0.2, -0.15) is 0 Å². The minimum Gasteiger partial charge on any atom is -0.389 e. The lowest BCUT2D eigenvalue weighted by Gasteiger charge is -2.00. The van der Waals surface area contributed by atoms with Gasteiger partial charge in [0.25, 0.3) is 0 Å². The van der Waals surface area contributed by atoms with Crippen molar-refractivity contribution in [1.82, 2.24) is 0 Å². The SMILES string of the molecule is CC(O)c1ccccc1.[MgH2]. The number of aliphatic hydroxyl groups excluding tert-OH is 1. The first kappa shape index (κ1) is 9.95. The van der Waals surface area contributed by atoms with E-state index in [1.54, 1.807) is 6.92 Å². The smallest absolute Gasteiger partial charge is 0.316 e. The van der Waals surface area contributed by atoms with Crippen LogP contribution in [0.15, 0.2) is 30.3 Å². The van der Waals surface area contributed by atoms with Crippen molar-refractivity contribution in [3.63, 3.8) is 0 Å². The molecule has 1 rings (SSSR count). The number of benzene rings is 1. The molecule has 0 radical (unpaired) electrons. The Bertz CT molecular complexity index is 172. The van der Waals surface area contributed by atoms with Gasteiger partial charge in [-0.1, -0.05) is 30.3 Å². The van der Waals surface area contributed by atoms with Gasteiger partial charge in [0.15, 0.2) is 0 Å². The molecule has 1 N–H and O–H groups in total. The van der Waals surface area contributed by atoms with Crippen molar-refractivity contribution in [3.05, 3.63) is 35.9 Å². The van der Waals surface area contributed by atoms with Crippen LogP contribution in [0.3, 0.4) is 0 Å². The second-order valence-electron chi connectivity index (χ2n) is 2.09. The van der Waals surface area contributed by atoms with Crippen LogP contribution in [-0.4, -0.2) is 28.2 Å². The predicted molar refractivity (Wildman–Crippen MR) is 45.6 cm³/mol. The lowest BCUT2D eigenvalue weighted by molar-refractivity contribution is 0.199. The van der Waals surface area contributed by atoms with Gasteiger partial charge in [-0.25, -0.2) is 0 Å². The fraction of sp³-hybridized carbons (Fsp3) is 0.250. The van der Waals surface area contributed by atoms with E-state index in [2.05, 4.69) is 0 Å². The van der Waals surface area contributed by atoms with Crippen molar-refractivity contribution < 1.29 is 5.11 Å². The lowest BCUT2D eigenvalue weighted by Crippen LogP contribution is -1.87. The Labute approximate surface area is 77.2 Å². The Morgan fingerprint density at radius 1 is 1.20 bits per heavy atom. The molecule has 1 unspecified atom stereocenters. The Morgan fingerprint density at radius 2 is 1.70 bits per heavy atom. The predicted octanol–water partition coefficient (Wildman–Crippen LogP) is 0.824. The van der Waals surface area contributed by atoms with Gasteiger partial charge in [-0.15, -0.1) is 0 Å². The molecule has 2 heteroatoms. The van der Waals surface area contributed by atoms with Crippen LogP contribution in [0.25, 0.3) is 0 Å². The molecular weight excluding hydrogens is 136 g/mol. The van der Waals surface area contributed by atoms with Crippen molar-refractivity contribution in [2.45, 2.75) is 13.0 Å². The van der Waals surface area contributed by atoms with Crippen molar-refractivity contribution in [2.75, 3.05) is 0 Å². The van der Waals surface area contributed by atoms with Crippen LogP contribution in [-0.2, 0) is 0 Å². The Hall–Kier alpha value is -0.0538. The quantitative estimate of drug-likeness (QED) is 0.585. The third-order valence-electron chi connectivity index (χ3n) is 1.28. The van der Waals surface area contributed by atoms with Crippen LogP contribution in [0.4, 0.5) is 0 Å². The number of hydrogen-bond donors (Lipinski definition) is 1. The molecule has 10 heavy (non-hydrogen) atoms. The third-order valence-corrected chi connectivity index (χ3v) is 1.28. The first-order valence-electron chi connectivity index (χ1n) is 3.03. The zero-order valence-electron chi connectivity index (χ0n) is 5.41.